The largest absolute Gasteiger partial charge is 0.497 e. The number of methoxy groups -OCH3 is 1. The lowest BCUT2D eigenvalue weighted by Crippen LogP contribution is -2.51. The van der Waals surface area contributed by atoms with Gasteiger partial charge < -0.3 is 19.5 Å². The number of carbonyl (C=O) groups excluding carboxylic acids is 2. The van der Waals surface area contributed by atoms with Gasteiger partial charge in [0.25, 0.3) is 5.91 Å². The summed E-state index contributed by atoms with van der Waals surface area (Å²) in [6.45, 7) is 0.0680. The fourth-order valence-electron chi connectivity index (χ4n) is 3.21. The Labute approximate surface area is 185 Å². The zero-order valence-corrected chi connectivity index (χ0v) is 17.4. The molecule has 0 bridgehead atoms. The summed E-state index contributed by atoms with van der Waals surface area (Å²) in [6, 6.07) is 22.4. The van der Waals surface area contributed by atoms with Gasteiger partial charge in [-0.1, -0.05) is 42.5 Å². The van der Waals surface area contributed by atoms with Gasteiger partial charge in [0.2, 0.25) is 12.0 Å². The maximum Gasteiger partial charge on any atom is 0.278 e. The third kappa shape index (κ3) is 4.98. The molecule has 1 aliphatic rings. The highest BCUT2D eigenvalue weighted by atomic mass is 16.6. The SMILES string of the molecule is COc1ccc(NC(=O)C(NNC(=O)C2COc3ccccc3O2)c2ccccc2)cc1. The number of benzene rings is 3. The second-order valence-electron chi connectivity index (χ2n) is 7.06. The molecule has 1 heterocycles. The fraction of sp³-hybridized carbons (Fsp3) is 0.167. The van der Waals surface area contributed by atoms with Gasteiger partial charge in [-0.2, -0.15) is 0 Å². The average Bonchev–Trinajstić information content (AvgIpc) is 2.85. The molecule has 0 saturated carbocycles. The third-order valence-corrected chi connectivity index (χ3v) is 4.89. The normalized spacial score (nSPS) is 15.3. The molecule has 0 aliphatic carbocycles. The van der Waals surface area contributed by atoms with Gasteiger partial charge in [0.15, 0.2) is 11.5 Å². The standard InChI is InChI=1S/C24H23N3O5/c1-30-18-13-11-17(12-14-18)25-24(29)22(16-7-3-2-4-8-16)26-27-23(28)21-15-31-19-9-5-6-10-20(19)32-21/h2-14,21-22,26H,15H2,1H3,(H,25,29)(H,27,28). The van der Waals surface area contributed by atoms with Crippen LogP contribution in [0.1, 0.15) is 11.6 Å². The van der Waals surface area contributed by atoms with Gasteiger partial charge in [-0.25, -0.2) is 5.43 Å². The van der Waals surface area contributed by atoms with Gasteiger partial charge >= 0.3 is 0 Å². The summed E-state index contributed by atoms with van der Waals surface area (Å²) < 4.78 is 16.5. The Bertz CT molecular complexity index is 1070. The summed E-state index contributed by atoms with van der Waals surface area (Å²) in [5.74, 6) is 0.982. The lowest BCUT2D eigenvalue weighted by Gasteiger charge is -2.26. The first-order valence-corrected chi connectivity index (χ1v) is 10.1. The predicted octanol–water partition coefficient (Wildman–Crippen LogP) is 2.84. The number of hydrogen-bond donors (Lipinski definition) is 3. The molecule has 8 nitrogen and oxygen atoms in total. The van der Waals surface area contributed by atoms with E-state index in [2.05, 4.69) is 16.2 Å². The molecule has 8 heteroatoms. The van der Waals surface area contributed by atoms with E-state index in [0.29, 0.717) is 28.5 Å². The summed E-state index contributed by atoms with van der Waals surface area (Å²) in [5.41, 5.74) is 6.71. The van der Waals surface area contributed by atoms with Crippen LogP contribution in [0.15, 0.2) is 78.9 Å². The van der Waals surface area contributed by atoms with E-state index in [0.717, 1.165) is 0 Å². The van der Waals surface area contributed by atoms with Crippen molar-refractivity contribution in [1.82, 2.24) is 10.9 Å². The van der Waals surface area contributed by atoms with Crippen LogP contribution in [-0.2, 0) is 9.59 Å². The summed E-state index contributed by atoms with van der Waals surface area (Å²) in [4.78, 5) is 25.7. The molecule has 4 rings (SSSR count). The van der Waals surface area contributed by atoms with Gasteiger partial charge in [-0.3, -0.25) is 15.0 Å². The van der Waals surface area contributed by atoms with Crippen molar-refractivity contribution < 1.29 is 23.8 Å². The molecule has 2 amide bonds. The van der Waals surface area contributed by atoms with Crippen LogP contribution < -0.4 is 30.4 Å². The van der Waals surface area contributed by atoms with E-state index in [4.69, 9.17) is 14.2 Å². The molecule has 0 fully saturated rings. The Morgan fingerprint density at radius 2 is 1.62 bits per heavy atom. The molecule has 0 saturated heterocycles. The molecule has 32 heavy (non-hydrogen) atoms. The second-order valence-corrected chi connectivity index (χ2v) is 7.06. The average molecular weight is 433 g/mol. The first-order valence-electron chi connectivity index (χ1n) is 10.1. The molecule has 0 radical (unpaired) electrons. The van der Waals surface area contributed by atoms with Gasteiger partial charge in [0.05, 0.1) is 7.11 Å². The van der Waals surface area contributed by atoms with Crippen molar-refractivity contribution in [3.05, 3.63) is 84.4 Å². The fourth-order valence-corrected chi connectivity index (χ4v) is 3.21. The Kier molecular flexibility index (Phi) is 6.52. The van der Waals surface area contributed by atoms with Crippen LogP contribution in [-0.4, -0.2) is 31.6 Å². The number of carbonyl (C=O) groups is 2. The van der Waals surface area contributed by atoms with Crippen molar-refractivity contribution in [3.63, 3.8) is 0 Å². The van der Waals surface area contributed by atoms with E-state index in [9.17, 15) is 9.59 Å². The molecule has 2 atom stereocenters. The minimum Gasteiger partial charge on any atom is -0.497 e. The maximum atomic E-state index is 13.0. The summed E-state index contributed by atoms with van der Waals surface area (Å²) >= 11 is 0. The van der Waals surface area contributed by atoms with E-state index >= 15 is 0 Å². The molecular weight excluding hydrogens is 410 g/mol. The molecule has 0 aromatic heterocycles. The maximum absolute atomic E-state index is 13.0. The highest BCUT2D eigenvalue weighted by molar-refractivity contribution is 5.96. The minimum atomic E-state index is -0.849. The number of anilines is 1. The van der Waals surface area contributed by atoms with E-state index in [-0.39, 0.29) is 12.5 Å². The summed E-state index contributed by atoms with van der Waals surface area (Å²) in [6.07, 6.45) is -0.849. The Balaban J connectivity index is 1.43. The van der Waals surface area contributed by atoms with E-state index < -0.39 is 18.1 Å². The Morgan fingerprint density at radius 1 is 0.938 bits per heavy atom. The molecule has 3 aromatic rings. The lowest BCUT2D eigenvalue weighted by atomic mass is 10.1. The Hall–Kier alpha value is -4.04. The number of hydrazine groups is 1. The van der Waals surface area contributed by atoms with E-state index in [1.54, 1.807) is 61.7 Å². The van der Waals surface area contributed by atoms with Crippen molar-refractivity contribution in [3.8, 4) is 17.2 Å². The molecule has 1 aliphatic heterocycles. The first kappa shape index (κ1) is 21.2. The van der Waals surface area contributed by atoms with E-state index in [1.165, 1.54) is 0 Å². The van der Waals surface area contributed by atoms with Crippen LogP contribution in [0, 0.1) is 0 Å². The van der Waals surface area contributed by atoms with Gasteiger partial charge in [-0.15, -0.1) is 0 Å². The number of ether oxygens (including phenoxy) is 3. The van der Waals surface area contributed by atoms with Crippen LogP contribution in [0.5, 0.6) is 17.2 Å². The first-order chi connectivity index (χ1) is 15.6. The minimum absolute atomic E-state index is 0.0680. The van der Waals surface area contributed by atoms with Crippen molar-refractivity contribution >= 4 is 17.5 Å². The summed E-state index contributed by atoms with van der Waals surface area (Å²) in [5, 5.41) is 2.84. The molecule has 0 spiro atoms. The molecule has 2 unspecified atom stereocenters. The lowest BCUT2D eigenvalue weighted by molar-refractivity contribution is -0.132. The van der Waals surface area contributed by atoms with Gasteiger partial charge in [0, 0.05) is 5.69 Å². The number of nitrogens with one attached hydrogen (secondary N) is 3. The van der Waals surface area contributed by atoms with Crippen LogP contribution in [0.4, 0.5) is 5.69 Å². The predicted molar refractivity (Wildman–Crippen MR) is 118 cm³/mol. The van der Waals surface area contributed by atoms with E-state index in [1.807, 2.05) is 24.3 Å². The van der Waals surface area contributed by atoms with Crippen LogP contribution >= 0.6 is 0 Å². The zero-order chi connectivity index (χ0) is 22.3. The Morgan fingerprint density at radius 3 is 2.34 bits per heavy atom. The topological polar surface area (TPSA) is 97.9 Å². The monoisotopic (exact) mass is 433 g/mol. The third-order valence-electron chi connectivity index (χ3n) is 4.89. The van der Waals surface area contributed by atoms with Crippen molar-refractivity contribution in [2.45, 2.75) is 12.1 Å². The molecule has 3 N–H and O–H groups in total. The number of fused-ring (bicyclic) bond motifs is 1. The van der Waals surface area contributed by atoms with Crippen molar-refractivity contribution in [1.29, 1.82) is 0 Å². The number of rotatable bonds is 7. The summed E-state index contributed by atoms with van der Waals surface area (Å²) in [7, 11) is 1.57. The van der Waals surface area contributed by atoms with Crippen LogP contribution in [0.2, 0.25) is 0 Å². The molecule has 164 valence electrons. The van der Waals surface area contributed by atoms with Gasteiger partial charge in [0.1, 0.15) is 18.4 Å². The van der Waals surface area contributed by atoms with Crippen molar-refractivity contribution in [2.75, 3.05) is 19.0 Å². The second kappa shape index (κ2) is 9.84. The highest BCUT2D eigenvalue weighted by Crippen LogP contribution is 2.30. The van der Waals surface area contributed by atoms with Crippen LogP contribution in [0.3, 0.4) is 0 Å². The zero-order valence-electron chi connectivity index (χ0n) is 17.4. The van der Waals surface area contributed by atoms with Gasteiger partial charge in [-0.05, 0) is 42.0 Å². The highest BCUT2D eigenvalue weighted by Gasteiger charge is 2.29. The molecule has 3 aromatic carbocycles. The smallest absolute Gasteiger partial charge is 0.278 e. The van der Waals surface area contributed by atoms with Crippen molar-refractivity contribution in [2.24, 2.45) is 0 Å². The quantitative estimate of drug-likeness (QED) is 0.496. The number of hydrogen-bond acceptors (Lipinski definition) is 6. The molecular formula is C24H23N3O5. The number of amides is 2. The number of para-hydroxylation sites is 2. The van der Waals surface area contributed by atoms with Crippen LogP contribution in [0.25, 0.3) is 0 Å².